The number of likely N-dealkylation sites (tertiary alicyclic amines) is 1. The molecular weight excluding hydrogens is 371 g/mol. The Labute approximate surface area is 165 Å². The average Bonchev–Trinajstić information content (AvgIpc) is 3.20. The number of halogens is 3. The smallest absolute Gasteiger partial charge is 0.341 e. The molecule has 28 heavy (non-hydrogen) atoms. The van der Waals surface area contributed by atoms with Crippen LogP contribution in [0.3, 0.4) is 0 Å². The summed E-state index contributed by atoms with van der Waals surface area (Å²) in [4.78, 5) is 30.0. The van der Waals surface area contributed by atoms with Crippen LogP contribution in [0.4, 0.5) is 13.2 Å². The zero-order chi connectivity index (χ0) is 20.1. The van der Waals surface area contributed by atoms with E-state index in [1.165, 1.54) is 30.6 Å². The average molecular weight is 403 g/mol. The number of hydrogen-bond acceptors (Lipinski definition) is 3. The summed E-state index contributed by atoms with van der Waals surface area (Å²) in [6, 6.07) is 0. The summed E-state index contributed by atoms with van der Waals surface area (Å²) in [5, 5.41) is 0. The molecule has 1 aliphatic carbocycles. The molecule has 1 atom stereocenters. The van der Waals surface area contributed by atoms with Gasteiger partial charge in [-0.2, -0.15) is 13.2 Å². The summed E-state index contributed by atoms with van der Waals surface area (Å²) in [5.41, 5.74) is 0. The van der Waals surface area contributed by atoms with Crippen molar-refractivity contribution in [3.8, 4) is 0 Å². The van der Waals surface area contributed by atoms with E-state index in [4.69, 9.17) is 0 Å². The molecule has 160 valence electrons. The minimum Gasteiger partial charge on any atom is -0.341 e. The zero-order valence-corrected chi connectivity index (χ0v) is 16.6. The van der Waals surface area contributed by atoms with Crippen LogP contribution in [0.5, 0.6) is 0 Å². The van der Waals surface area contributed by atoms with E-state index >= 15 is 0 Å². The van der Waals surface area contributed by atoms with Crippen LogP contribution >= 0.6 is 0 Å². The maximum Gasteiger partial charge on any atom is 0.393 e. The fourth-order valence-corrected chi connectivity index (χ4v) is 4.70. The Morgan fingerprint density at radius 3 is 2.14 bits per heavy atom. The zero-order valence-electron chi connectivity index (χ0n) is 16.6. The lowest BCUT2D eigenvalue weighted by molar-refractivity contribution is -0.188. The van der Waals surface area contributed by atoms with Crippen molar-refractivity contribution in [1.29, 1.82) is 0 Å². The number of carbonyl (C=O) groups excluding carboxylic acids is 2. The number of alkyl halides is 3. The third-order valence-electron chi connectivity index (χ3n) is 6.56. The third kappa shape index (κ3) is 5.84. The molecule has 0 spiro atoms. The minimum absolute atomic E-state index is 0.106. The van der Waals surface area contributed by atoms with Gasteiger partial charge in [0.15, 0.2) is 0 Å². The molecule has 2 saturated heterocycles. The lowest BCUT2D eigenvalue weighted by Gasteiger charge is -2.37. The van der Waals surface area contributed by atoms with Gasteiger partial charge in [0.2, 0.25) is 11.8 Å². The van der Waals surface area contributed by atoms with Gasteiger partial charge in [-0.25, -0.2) is 0 Å². The second kappa shape index (κ2) is 9.46. The quantitative estimate of drug-likeness (QED) is 0.709. The standard InChI is InChI=1S/C20H32F3N3O2/c21-20(22,23)17-6-3-9-26(14-17)19(28)15-24-10-12-25(13-11-24)18(27)8-7-16-4-1-2-5-16/h16-17H,1-15H2. The molecule has 5 nitrogen and oxygen atoms in total. The highest BCUT2D eigenvalue weighted by Gasteiger charge is 2.42. The number of hydrogen-bond donors (Lipinski definition) is 0. The molecule has 2 amide bonds. The summed E-state index contributed by atoms with van der Waals surface area (Å²) in [7, 11) is 0. The van der Waals surface area contributed by atoms with Crippen LogP contribution in [0.1, 0.15) is 51.4 Å². The van der Waals surface area contributed by atoms with E-state index in [1.807, 2.05) is 9.80 Å². The van der Waals surface area contributed by atoms with Gasteiger partial charge in [0.1, 0.15) is 0 Å². The van der Waals surface area contributed by atoms with Gasteiger partial charge in [0.05, 0.1) is 12.5 Å². The molecule has 3 fully saturated rings. The van der Waals surface area contributed by atoms with Crippen molar-refractivity contribution in [2.24, 2.45) is 11.8 Å². The predicted molar refractivity (Wildman–Crippen MR) is 99.6 cm³/mol. The lowest BCUT2D eigenvalue weighted by atomic mass is 9.97. The normalized spacial score (nSPS) is 25.3. The minimum atomic E-state index is -4.23. The van der Waals surface area contributed by atoms with Crippen LogP contribution in [-0.2, 0) is 9.59 Å². The maximum atomic E-state index is 12.9. The molecule has 1 unspecified atom stereocenters. The fourth-order valence-electron chi connectivity index (χ4n) is 4.70. The third-order valence-corrected chi connectivity index (χ3v) is 6.56. The fraction of sp³-hybridized carbons (Fsp3) is 0.900. The van der Waals surface area contributed by atoms with E-state index in [2.05, 4.69) is 0 Å². The number of piperidine rings is 1. The van der Waals surface area contributed by atoms with Gasteiger partial charge in [-0.1, -0.05) is 25.7 Å². The Balaban J connectivity index is 1.37. The van der Waals surface area contributed by atoms with Crippen molar-refractivity contribution < 1.29 is 22.8 Å². The molecule has 3 rings (SSSR count). The molecular formula is C20H32F3N3O2. The molecule has 2 aliphatic heterocycles. The molecule has 8 heteroatoms. The predicted octanol–water partition coefficient (Wildman–Crippen LogP) is 2.90. The van der Waals surface area contributed by atoms with E-state index in [1.54, 1.807) is 0 Å². The van der Waals surface area contributed by atoms with Crippen molar-refractivity contribution in [2.75, 3.05) is 45.8 Å². The molecule has 2 heterocycles. The first kappa shape index (κ1) is 21.4. The van der Waals surface area contributed by atoms with Crippen LogP contribution in [-0.4, -0.2) is 78.5 Å². The molecule has 0 aromatic carbocycles. The van der Waals surface area contributed by atoms with Gasteiger partial charge in [-0.15, -0.1) is 0 Å². The highest BCUT2D eigenvalue weighted by molar-refractivity contribution is 5.78. The van der Waals surface area contributed by atoms with Crippen LogP contribution in [0, 0.1) is 11.8 Å². The monoisotopic (exact) mass is 403 g/mol. The summed E-state index contributed by atoms with van der Waals surface area (Å²) in [6.45, 7) is 2.75. The van der Waals surface area contributed by atoms with Crippen molar-refractivity contribution in [3.63, 3.8) is 0 Å². The first-order valence-electron chi connectivity index (χ1n) is 10.7. The number of nitrogens with zero attached hydrogens (tertiary/aromatic N) is 3. The van der Waals surface area contributed by atoms with Gasteiger partial charge < -0.3 is 9.80 Å². The first-order valence-corrected chi connectivity index (χ1v) is 10.7. The van der Waals surface area contributed by atoms with Crippen LogP contribution < -0.4 is 0 Å². The largest absolute Gasteiger partial charge is 0.393 e. The molecule has 0 bridgehead atoms. The lowest BCUT2D eigenvalue weighted by Crippen LogP contribution is -2.53. The van der Waals surface area contributed by atoms with Gasteiger partial charge in [-0.3, -0.25) is 14.5 Å². The summed E-state index contributed by atoms with van der Waals surface area (Å²) in [6.07, 6.45) is 2.92. The Morgan fingerprint density at radius 1 is 0.821 bits per heavy atom. The molecule has 0 aromatic rings. The maximum absolute atomic E-state index is 12.9. The number of carbonyl (C=O) groups is 2. The Bertz CT molecular complexity index is 541. The number of amides is 2. The van der Waals surface area contributed by atoms with Crippen molar-refractivity contribution in [2.45, 2.75) is 57.5 Å². The Hall–Kier alpha value is -1.31. The summed E-state index contributed by atoms with van der Waals surface area (Å²) in [5.74, 6) is -0.732. The van der Waals surface area contributed by atoms with Gasteiger partial charge in [-0.05, 0) is 25.2 Å². The van der Waals surface area contributed by atoms with E-state index in [0.29, 0.717) is 51.5 Å². The highest BCUT2D eigenvalue weighted by atomic mass is 19.4. The van der Waals surface area contributed by atoms with E-state index in [9.17, 15) is 22.8 Å². The Morgan fingerprint density at radius 2 is 1.50 bits per heavy atom. The molecule has 0 N–H and O–H groups in total. The van der Waals surface area contributed by atoms with Crippen molar-refractivity contribution in [1.82, 2.24) is 14.7 Å². The second-order valence-electron chi connectivity index (χ2n) is 8.57. The molecule has 3 aliphatic rings. The van der Waals surface area contributed by atoms with Gasteiger partial charge in [0.25, 0.3) is 0 Å². The Kier molecular flexibility index (Phi) is 7.23. The molecule has 0 radical (unpaired) electrons. The van der Waals surface area contributed by atoms with Crippen molar-refractivity contribution >= 4 is 11.8 Å². The van der Waals surface area contributed by atoms with Crippen molar-refractivity contribution in [3.05, 3.63) is 0 Å². The summed E-state index contributed by atoms with van der Waals surface area (Å²) < 4.78 is 38.8. The highest BCUT2D eigenvalue weighted by Crippen LogP contribution is 2.33. The SMILES string of the molecule is O=C(CCC1CCCC1)N1CCN(CC(=O)N2CCCC(C(F)(F)F)C2)CC1. The van der Waals surface area contributed by atoms with Crippen LogP contribution in [0.25, 0.3) is 0 Å². The number of rotatable bonds is 5. The van der Waals surface area contributed by atoms with Crippen LogP contribution in [0.2, 0.25) is 0 Å². The summed E-state index contributed by atoms with van der Waals surface area (Å²) >= 11 is 0. The van der Waals surface area contributed by atoms with Crippen LogP contribution in [0.15, 0.2) is 0 Å². The van der Waals surface area contributed by atoms with E-state index in [-0.39, 0.29) is 31.3 Å². The van der Waals surface area contributed by atoms with E-state index in [0.717, 1.165) is 6.42 Å². The van der Waals surface area contributed by atoms with Gasteiger partial charge >= 0.3 is 6.18 Å². The first-order chi connectivity index (χ1) is 13.3. The molecule has 0 aromatic heterocycles. The second-order valence-corrected chi connectivity index (χ2v) is 8.57. The van der Waals surface area contributed by atoms with E-state index < -0.39 is 12.1 Å². The topological polar surface area (TPSA) is 43.9 Å². The molecule has 1 saturated carbocycles. The number of piperazine rings is 1. The van der Waals surface area contributed by atoms with Gasteiger partial charge in [0, 0.05) is 45.7 Å².